The van der Waals surface area contributed by atoms with Gasteiger partial charge in [0.2, 0.25) is 0 Å². The van der Waals surface area contributed by atoms with E-state index in [2.05, 4.69) is 34.5 Å². The molecule has 10 heteroatoms. The van der Waals surface area contributed by atoms with E-state index in [9.17, 15) is 13.2 Å². The molecule has 0 saturated carbocycles. The molecule has 0 saturated heterocycles. The number of hydrogen-bond acceptors (Lipinski definition) is 4. The fraction of sp³-hybridized carbons (Fsp3) is 0.733. The lowest BCUT2D eigenvalue weighted by Gasteiger charge is -2.18. The quantitative estimate of drug-likeness (QED) is 0.252. The molecule has 146 valence electrons. The fourth-order valence-electron chi connectivity index (χ4n) is 1.99. The Kier molecular flexibility index (Phi) is 11.6. The summed E-state index contributed by atoms with van der Waals surface area (Å²) in [5, 5.41) is 9.28. The molecule has 0 aliphatic heterocycles. The van der Waals surface area contributed by atoms with Gasteiger partial charge in [0.25, 0.3) is 0 Å². The Balaban J connectivity index is 0.00000576. The monoisotopic (exact) mass is 493 g/mol. The number of hydrogen-bond donors (Lipinski definition) is 2. The van der Waals surface area contributed by atoms with E-state index >= 15 is 0 Å². The third-order valence-corrected chi connectivity index (χ3v) is 4.12. The van der Waals surface area contributed by atoms with Crippen LogP contribution in [0, 0.1) is 0 Å². The maximum absolute atomic E-state index is 12.2. The Bertz CT molecular complexity index is 520. The third kappa shape index (κ3) is 10.9. The second kappa shape index (κ2) is 11.9. The molecule has 0 amide bonds. The Hall–Kier alpha value is -0.620. The number of thiazole rings is 1. The van der Waals surface area contributed by atoms with Crippen molar-refractivity contribution in [3.63, 3.8) is 0 Å². The molecular weight excluding hydrogens is 466 g/mol. The van der Waals surface area contributed by atoms with Gasteiger partial charge in [-0.05, 0) is 25.9 Å². The van der Waals surface area contributed by atoms with E-state index in [1.807, 2.05) is 5.38 Å². The lowest BCUT2D eigenvalue weighted by molar-refractivity contribution is -0.143. The fourth-order valence-corrected chi connectivity index (χ4v) is 2.89. The van der Waals surface area contributed by atoms with Crippen molar-refractivity contribution in [3.05, 3.63) is 16.1 Å². The van der Waals surface area contributed by atoms with Crippen LogP contribution in [0.1, 0.15) is 36.9 Å². The van der Waals surface area contributed by atoms with Crippen LogP contribution >= 0.6 is 35.3 Å². The highest BCUT2D eigenvalue weighted by molar-refractivity contribution is 14.0. The summed E-state index contributed by atoms with van der Waals surface area (Å²) in [5.74, 6) is 1.02. The lowest BCUT2D eigenvalue weighted by Crippen LogP contribution is -2.39. The van der Waals surface area contributed by atoms with Gasteiger partial charge in [-0.3, -0.25) is 9.89 Å². The van der Waals surface area contributed by atoms with Gasteiger partial charge in [0.1, 0.15) is 5.01 Å². The molecule has 0 aliphatic rings. The number of halogens is 4. The minimum atomic E-state index is -4.15. The van der Waals surface area contributed by atoms with Crippen molar-refractivity contribution in [1.29, 1.82) is 0 Å². The van der Waals surface area contributed by atoms with Gasteiger partial charge in [-0.25, -0.2) is 4.98 Å². The molecule has 0 unspecified atom stereocenters. The third-order valence-electron chi connectivity index (χ3n) is 3.25. The van der Waals surface area contributed by atoms with Gasteiger partial charge in [-0.2, -0.15) is 13.2 Å². The van der Waals surface area contributed by atoms with Crippen LogP contribution in [0.25, 0.3) is 0 Å². The summed E-state index contributed by atoms with van der Waals surface area (Å²) in [5.41, 5.74) is 1.08. The zero-order valence-corrected chi connectivity index (χ0v) is 18.1. The van der Waals surface area contributed by atoms with Crippen LogP contribution in [-0.4, -0.2) is 55.7 Å². The van der Waals surface area contributed by atoms with Crippen LogP contribution in [-0.2, 0) is 6.54 Å². The number of rotatable bonds is 8. The van der Waals surface area contributed by atoms with Crippen molar-refractivity contribution < 1.29 is 13.2 Å². The van der Waals surface area contributed by atoms with Crippen molar-refractivity contribution in [1.82, 2.24) is 20.5 Å². The first-order valence-electron chi connectivity index (χ1n) is 7.85. The standard InChI is InChI=1S/C15H26F3N5S.HI/c1-11(2)12-9-24-13(22-12)8-21-14(19-3)20-6-5-7-23(4)10-15(16,17)18;/h9,11H,5-8,10H2,1-4H3,(H2,19,20,21);1H. The van der Waals surface area contributed by atoms with Crippen molar-refractivity contribution in [2.24, 2.45) is 4.99 Å². The molecule has 1 aromatic rings. The Morgan fingerprint density at radius 2 is 2.04 bits per heavy atom. The molecule has 0 fully saturated rings. The Morgan fingerprint density at radius 3 is 2.56 bits per heavy atom. The molecule has 5 nitrogen and oxygen atoms in total. The number of alkyl halides is 3. The highest BCUT2D eigenvalue weighted by Crippen LogP contribution is 2.17. The molecule has 0 bridgehead atoms. The lowest BCUT2D eigenvalue weighted by atomic mass is 10.2. The van der Waals surface area contributed by atoms with Crippen LogP contribution in [0.2, 0.25) is 0 Å². The van der Waals surface area contributed by atoms with Gasteiger partial charge in [0, 0.05) is 19.0 Å². The summed E-state index contributed by atoms with van der Waals surface area (Å²) in [6, 6.07) is 0. The van der Waals surface area contributed by atoms with E-state index in [4.69, 9.17) is 0 Å². The SMILES string of the molecule is CN=C(NCCCN(C)CC(F)(F)F)NCc1nc(C(C)C)cs1.I. The number of aliphatic imine (C=N–C) groups is 1. The van der Waals surface area contributed by atoms with Crippen LogP contribution in [0.5, 0.6) is 0 Å². The molecule has 0 aromatic carbocycles. The van der Waals surface area contributed by atoms with E-state index in [-0.39, 0.29) is 24.0 Å². The molecular formula is C15H27F3IN5S. The first-order valence-corrected chi connectivity index (χ1v) is 8.73. The average Bonchev–Trinajstić information content (AvgIpc) is 2.93. The highest BCUT2D eigenvalue weighted by Gasteiger charge is 2.28. The van der Waals surface area contributed by atoms with E-state index in [1.54, 1.807) is 18.4 Å². The first-order chi connectivity index (χ1) is 11.2. The summed E-state index contributed by atoms with van der Waals surface area (Å²) >= 11 is 1.60. The minimum absolute atomic E-state index is 0. The maximum Gasteiger partial charge on any atom is 0.401 e. The van der Waals surface area contributed by atoms with Gasteiger partial charge in [0.15, 0.2) is 5.96 Å². The van der Waals surface area contributed by atoms with E-state index in [0.717, 1.165) is 10.7 Å². The highest BCUT2D eigenvalue weighted by atomic mass is 127. The van der Waals surface area contributed by atoms with Crippen LogP contribution < -0.4 is 10.6 Å². The van der Waals surface area contributed by atoms with Crippen LogP contribution in [0.3, 0.4) is 0 Å². The average molecular weight is 493 g/mol. The van der Waals surface area contributed by atoms with E-state index in [0.29, 0.717) is 37.9 Å². The molecule has 25 heavy (non-hydrogen) atoms. The molecule has 0 atom stereocenters. The van der Waals surface area contributed by atoms with E-state index < -0.39 is 12.7 Å². The van der Waals surface area contributed by atoms with Crippen LogP contribution in [0.15, 0.2) is 10.4 Å². The second-order valence-electron chi connectivity index (χ2n) is 5.88. The van der Waals surface area contributed by atoms with Gasteiger partial charge in [-0.1, -0.05) is 13.8 Å². The predicted octanol–water partition coefficient (Wildman–Crippen LogP) is 3.43. The molecule has 1 aromatic heterocycles. The molecule has 0 aliphatic carbocycles. The summed E-state index contributed by atoms with van der Waals surface area (Å²) in [7, 11) is 3.13. The topological polar surface area (TPSA) is 52.6 Å². The molecule has 1 rings (SSSR count). The molecule has 0 spiro atoms. The van der Waals surface area contributed by atoms with Crippen molar-refractivity contribution >= 4 is 41.3 Å². The molecule has 2 N–H and O–H groups in total. The van der Waals surface area contributed by atoms with Gasteiger partial charge in [0.05, 0.1) is 18.8 Å². The smallest absolute Gasteiger partial charge is 0.356 e. The Morgan fingerprint density at radius 1 is 1.36 bits per heavy atom. The normalized spacial score (nSPS) is 12.4. The summed E-state index contributed by atoms with van der Waals surface area (Å²) in [4.78, 5) is 9.89. The van der Waals surface area contributed by atoms with Crippen molar-refractivity contribution in [2.75, 3.05) is 33.7 Å². The summed E-state index contributed by atoms with van der Waals surface area (Å²) in [6.07, 6.45) is -3.55. The number of guanidine groups is 1. The number of nitrogens with one attached hydrogen (secondary N) is 2. The maximum atomic E-state index is 12.2. The molecule has 0 radical (unpaired) electrons. The summed E-state index contributed by atoms with van der Waals surface area (Å²) < 4.78 is 36.7. The largest absolute Gasteiger partial charge is 0.401 e. The second-order valence-corrected chi connectivity index (χ2v) is 6.82. The van der Waals surface area contributed by atoms with Gasteiger partial charge in [-0.15, -0.1) is 35.3 Å². The first kappa shape index (κ1) is 24.4. The van der Waals surface area contributed by atoms with Gasteiger partial charge >= 0.3 is 6.18 Å². The minimum Gasteiger partial charge on any atom is -0.356 e. The zero-order valence-electron chi connectivity index (χ0n) is 15.0. The zero-order chi connectivity index (χ0) is 18.2. The number of nitrogens with zero attached hydrogens (tertiary/aromatic N) is 3. The molecule has 1 heterocycles. The van der Waals surface area contributed by atoms with Gasteiger partial charge < -0.3 is 10.6 Å². The van der Waals surface area contributed by atoms with Crippen molar-refractivity contribution in [2.45, 2.75) is 38.9 Å². The van der Waals surface area contributed by atoms with E-state index in [1.165, 1.54) is 11.9 Å². The van der Waals surface area contributed by atoms with Crippen molar-refractivity contribution in [3.8, 4) is 0 Å². The number of aromatic nitrogens is 1. The Labute approximate surface area is 168 Å². The summed E-state index contributed by atoms with van der Waals surface area (Å²) in [6.45, 7) is 4.81. The predicted molar refractivity (Wildman–Crippen MR) is 108 cm³/mol. The van der Waals surface area contributed by atoms with Crippen LogP contribution in [0.4, 0.5) is 13.2 Å².